The van der Waals surface area contributed by atoms with E-state index >= 15 is 0 Å². The zero-order chi connectivity index (χ0) is 11.4. The Morgan fingerprint density at radius 2 is 2.12 bits per heavy atom. The van der Waals surface area contributed by atoms with Gasteiger partial charge in [-0.3, -0.25) is 4.99 Å². The maximum Gasteiger partial charge on any atom is 0.193 e. The molecule has 3 nitrogen and oxygen atoms in total. The number of hydrogen-bond donors (Lipinski definition) is 1. The van der Waals surface area contributed by atoms with Crippen LogP contribution in [-0.4, -0.2) is 37.5 Å². The maximum absolute atomic E-state index is 4.40. The molecule has 2 fully saturated rings. The number of likely N-dealkylation sites (tertiary alicyclic amines) is 1. The van der Waals surface area contributed by atoms with Crippen molar-refractivity contribution in [3.05, 3.63) is 0 Å². The van der Waals surface area contributed by atoms with Gasteiger partial charge in [-0.15, -0.1) is 24.0 Å². The van der Waals surface area contributed by atoms with E-state index in [0.29, 0.717) is 5.41 Å². The van der Waals surface area contributed by atoms with E-state index in [4.69, 9.17) is 0 Å². The van der Waals surface area contributed by atoms with Crippen LogP contribution in [0.2, 0.25) is 0 Å². The first-order valence-electron chi connectivity index (χ1n) is 6.75. The standard InChI is InChI=1S/C13H25N3.HI/c1-3-4-9-15-12(14-2)16-10-8-13(11-16)6-5-7-13;/h3-11H2,1-2H3,(H,14,15);1H. The Morgan fingerprint density at radius 1 is 1.35 bits per heavy atom. The smallest absolute Gasteiger partial charge is 0.193 e. The van der Waals surface area contributed by atoms with E-state index < -0.39 is 0 Å². The van der Waals surface area contributed by atoms with E-state index in [1.54, 1.807) is 0 Å². The average molecular weight is 351 g/mol. The summed E-state index contributed by atoms with van der Waals surface area (Å²) in [7, 11) is 1.90. The highest BCUT2D eigenvalue weighted by Crippen LogP contribution is 2.47. The summed E-state index contributed by atoms with van der Waals surface area (Å²) in [6, 6.07) is 0. The van der Waals surface area contributed by atoms with Crippen LogP contribution in [-0.2, 0) is 0 Å². The van der Waals surface area contributed by atoms with Crippen LogP contribution < -0.4 is 5.32 Å². The summed E-state index contributed by atoms with van der Waals surface area (Å²) in [6.07, 6.45) is 8.17. The number of hydrogen-bond acceptors (Lipinski definition) is 1. The zero-order valence-corrected chi connectivity index (χ0v) is 13.5. The van der Waals surface area contributed by atoms with Gasteiger partial charge in [0.05, 0.1) is 0 Å². The lowest BCUT2D eigenvalue weighted by molar-refractivity contribution is 0.151. The molecule has 0 amide bonds. The first-order chi connectivity index (χ1) is 7.79. The second kappa shape index (κ2) is 6.81. The number of rotatable bonds is 3. The Hall–Kier alpha value is 0. The van der Waals surface area contributed by atoms with Crippen LogP contribution in [0.15, 0.2) is 4.99 Å². The van der Waals surface area contributed by atoms with Gasteiger partial charge in [-0.1, -0.05) is 19.8 Å². The fraction of sp³-hybridized carbons (Fsp3) is 0.923. The molecule has 0 atom stereocenters. The number of unbranched alkanes of at least 4 members (excludes halogenated alkanes) is 1. The summed E-state index contributed by atoms with van der Waals surface area (Å²) < 4.78 is 0. The minimum Gasteiger partial charge on any atom is -0.356 e. The third-order valence-corrected chi connectivity index (χ3v) is 4.18. The Morgan fingerprint density at radius 3 is 2.59 bits per heavy atom. The van der Waals surface area contributed by atoms with Crippen LogP contribution in [0.3, 0.4) is 0 Å². The van der Waals surface area contributed by atoms with E-state index in [-0.39, 0.29) is 24.0 Å². The molecule has 100 valence electrons. The van der Waals surface area contributed by atoms with Gasteiger partial charge >= 0.3 is 0 Å². The molecule has 1 N–H and O–H groups in total. The molecule has 17 heavy (non-hydrogen) atoms. The number of nitrogens with one attached hydrogen (secondary N) is 1. The second-order valence-corrected chi connectivity index (χ2v) is 5.35. The Kier molecular flexibility index (Phi) is 6.03. The van der Waals surface area contributed by atoms with Gasteiger partial charge in [0.25, 0.3) is 0 Å². The molecule has 2 aliphatic rings. The Balaban J connectivity index is 0.00000144. The van der Waals surface area contributed by atoms with Gasteiger partial charge in [0.15, 0.2) is 5.96 Å². The monoisotopic (exact) mass is 351 g/mol. The van der Waals surface area contributed by atoms with Crippen molar-refractivity contribution in [1.82, 2.24) is 10.2 Å². The molecule has 0 unspecified atom stereocenters. The van der Waals surface area contributed by atoms with Crippen molar-refractivity contribution in [3.63, 3.8) is 0 Å². The van der Waals surface area contributed by atoms with Crippen molar-refractivity contribution in [3.8, 4) is 0 Å². The molecule has 1 aliphatic carbocycles. The van der Waals surface area contributed by atoms with E-state index in [9.17, 15) is 0 Å². The van der Waals surface area contributed by atoms with Gasteiger partial charge in [0.1, 0.15) is 0 Å². The lowest BCUT2D eigenvalue weighted by Crippen LogP contribution is -2.42. The minimum atomic E-state index is 0. The predicted octanol–water partition coefficient (Wildman–Crippen LogP) is 2.86. The molecule has 1 saturated heterocycles. The van der Waals surface area contributed by atoms with Crippen molar-refractivity contribution >= 4 is 29.9 Å². The summed E-state index contributed by atoms with van der Waals surface area (Å²) >= 11 is 0. The van der Waals surface area contributed by atoms with Crippen LogP contribution in [0, 0.1) is 5.41 Å². The highest BCUT2D eigenvalue weighted by molar-refractivity contribution is 14.0. The maximum atomic E-state index is 4.40. The molecule has 1 saturated carbocycles. The molecule has 4 heteroatoms. The average Bonchev–Trinajstić information content (AvgIpc) is 2.69. The van der Waals surface area contributed by atoms with Crippen LogP contribution in [0.25, 0.3) is 0 Å². The molecule has 0 radical (unpaired) electrons. The third kappa shape index (κ3) is 3.48. The van der Waals surface area contributed by atoms with E-state index in [1.807, 2.05) is 7.05 Å². The van der Waals surface area contributed by atoms with Crippen LogP contribution in [0.1, 0.15) is 45.4 Å². The largest absolute Gasteiger partial charge is 0.356 e. The molecule has 1 aliphatic heterocycles. The van der Waals surface area contributed by atoms with Crippen molar-refractivity contribution < 1.29 is 0 Å². The van der Waals surface area contributed by atoms with E-state index in [0.717, 1.165) is 12.5 Å². The normalized spacial score (nSPS) is 22.2. The van der Waals surface area contributed by atoms with Crippen LogP contribution in [0.5, 0.6) is 0 Å². The van der Waals surface area contributed by atoms with Crippen LogP contribution in [0.4, 0.5) is 0 Å². The van der Waals surface area contributed by atoms with Crippen molar-refractivity contribution in [2.45, 2.75) is 45.4 Å². The fourth-order valence-electron chi connectivity index (χ4n) is 2.91. The summed E-state index contributed by atoms with van der Waals surface area (Å²) in [5.41, 5.74) is 0.669. The summed E-state index contributed by atoms with van der Waals surface area (Å²) in [6.45, 7) is 5.72. The summed E-state index contributed by atoms with van der Waals surface area (Å²) in [5.74, 6) is 1.12. The number of nitrogens with zero attached hydrogens (tertiary/aromatic N) is 2. The second-order valence-electron chi connectivity index (χ2n) is 5.35. The Bertz CT molecular complexity index is 261. The molecule has 0 aromatic carbocycles. The van der Waals surface area contributed by atoms with Gasteiger partial charge in [0, 0.05) is 26.7 Å². The highest BCUT2D eigenvalue weighted by atomic mass is 127. The summed E-state index contributed by atoms with van der Waals surface area (Å²) in [5, 5.41) is 3.47. The summed E-state index contributed by atoms with van der Waals surface area (Å²) in [4.78, 5) is 6.85. The minimum absolute atomic E-state index is 0. The molecule has 0 aromatic heterocycles. The molecular weight excluding hydrogens is 325 g/mol. The molecular formula is C13H26IN3. The first-order valence-corrected chi connectivity index (χ1v) is 6.75. The van der Waals surface area contributed by atoms with Gasteiger partial charge in [-0.05, 0) is 31.1 Å². The van der Waals surface area contributed by atoms with Crippen LogP contribution >= 0.6 is 24.0 Å². The number of guanidine groups is 1. The first kappa shape index (κ1) is 15.1. The van der Waals surface area contributed by atoms with Crippen molar-refractivity contribution in [1.29, 1.82) is 0 Å². The van der Waals surface area contributed by atoms with Gasteiger partial charge < -0.3 is 10.2 Å². The zero-order valence-electron chi connectivity index (χ0n) is 11.2. The van der Waals surface area contributed by atoms with Gasteiger partial charge in [0.2, 0.25) is 0 Å². The predicted molar refractivity (Wildman–Crippen MR) is 84.2 cm³/mol. The molecule has 0 bridgehead atoms. The lowest BCUT2D eigenvalue weighted by Gasteiger charge is -2.38. The Labute approximate surface area is 122 Å². The van der Waals surface area contributed by atoms with Crippen molar-refractivity contribution in [2.75, 3.05) is 26.7 Å². The molecule has 2 rings (SSSR count). The van der Waals surface area contributed by atoms with E-state index in [1.165, 1.54) is 51.6 Å². The highest BCUT2D eigenvalue weighted by Gasteiger charge is 2.43. The molecule has 1 heterocycles. The molecule has 1 spiro atoms. The van der Waals surface area contributed by atoms with Gasteiger partial charge in [-0.2, -0.15) is 0 Å². The topological polar surface area (TPSA) is 27.6 Å². The van der Waals surface area contributed by atoms with E-state index in [2.05, 4.69) is 22.1 Å². The lowest BCUT2D eigenvalue weighted by atomic mass is 9.68. The fourth-order valence-corrected chi connectivity index (χ4v) is 2.91. The number of halogens is 1. The SMILES string of the molecule is CCCCNC(=NC)N1CCC2(CCC2)C1.I. The molecule has 0 aromatic rings. The van der Waals surface area contributed by atoms with Crippen molar-refractivity contribution in [2.24, 2.45) is 10.4 Å². The van der Waals surface area contributed by atoms with Gasteiger partial charge in [-0.25, -0.2) is 0 Å². The number of aliphatic imine (C=N–C) groups is 1. The quantitative estimate of drug-likeness (QED) is 0.367. The third-order valence-electron chi connectivity index (χ3n) is 4.18.